The Hall–Kier alpha value is -2.04. The molecule has 0 aliphatic heterocycles. The number of nitrogens with one attached hydrogen (secondary N) is 3. The van der Waals surface area contributed by atoms with E-state index in [0.29, 0.717) is 29.1 Å². The molecular formula is C24H33N3O2. The highest BCUT2D eigenvalue weighted by atomic mass is 16.2. The van der Waals surface area contributed by atoms with Gasteiger partial charge >= 0.3 is 6.03 Å². The summed E-state index contributed by atoms with van der Waals surface area (Å²) in [4.78, 5) is 25.6. The van der Waals surface area contributed by atoms with Gasteiger partial charge in [0.05, 0.1) is 11.3 Å². The van der Waals surface area contributed by atoms with E-state index in [1.165, 1.54) is 51.4 Å². The largest absolute Gasteiger partial charge is 0.349 e. The van der Waals surface area contributed by atoms with Crippen LogP contribution in [0.4, 0.5) is 10.5 Å². The third-order valence-corrected chi connectivity index (χ3v) is 7.88. The fraction of sp³-hybridized carbons (Fsp3) is 0.667. The smallest absolute Gasteiger partial charge is 0.319 e. The van der Waals surface area contributed by atoms with Gasteiger partial charge in [-0.25, -0.2) is 4.79 Å². The Bertz CT molecular complexity index is 743. The summed E-state index contributed by atoms with van der Waals surface area (Å²) in [7, 11) is 0. The molecule has 0 radical (unpaired) electrons. The van der Waals surface area contributed by atoms with E-state index in [1.54, 1.807) is 6.07 Å². The molecule has 0 unspecified atom stereocenters. The summed E-state index contributed by atoms with van der Waals surface area (Å²) in [6.45, 7) is 0. The number of rotatable bonds is 4. The van der Waals surface area contributed by atoms with Gasteiger partial charge in [-0.1, -0.05) is 31.4 Å². The second-order valence-electron chi connectivity index (χ2n) is 9.91. The minimum absolute atomic E-state index is 0.0811. The average molecular weight is 396 g/mol. The van der Waals surface area contributed by atoms with Crippen LogP contribution in [0.3, 0.4) is 0 Å². The number of anilines is 1. The summed E-state index contributed by atoms with van der Waals surface area (Å²) >= 11 is 0. The van der Waals surface area contributed by atoms with Crippen molar-refractivity contribution in [2.45, 2.75) is 76.3 Å². The second kappa shape index (κ2) is 8.00. The van der Waals surface area contributed by atoms with Gasteiger partial charge in [-0.05, 0) is 80.8 Å². The first-order valence-electron chi connectivity index (χ1n) is 11.6. The number of benzene rings is 1. The first-order chi connectivity index (χ1) is 14.2. The lowest BCUT2D eigenvalue weighted by Crippen LogP contribution is -2.56. The number of hydrogen-bond acceptors (Lipinski definition) is 2. The van der Waals surface area contributed by atoms with Gasteiger partial charge in [0.15, 0.2) is 0 Å². The molecule has 5 nitrogen and oxygen atoms in total. The highest BCUT2D eigenvalue weighted by Crippen LogP contribution is 2.53. The predicted octanol–water partition coefficient (Wildman–Crippen LogP) is 4.70. The summed E-state index contributed by atoms with van der Waals surface area (Å²) < 4.78 is 0. The van der Waals surface area contributed by atoms with Gasteiger partial charge in [-0.3, -0.25) is 4.79 Å². The van der Waals surface area contributed by atoms with Crippen molar-refractivity contribution >= 4 is 17.6 Å². The van der Waals surface area contributed by atoms with Crippen molar-refractivity contribution < 1.29 is 9.59 Å². The lowest BCUT2D eigenvalue weighted by Gasteiger charge is -2.54. The topological polar surface area (TPSA) is 70.2 Å². The van der Waals surface area contributed by atoms with Crippen LogP contribution in [0.1, 0.15) is 74.6 Å². The molecule has 3 amide bonds. The van der Waals surface area contributed by atoms with Crippen LogP contribution in [-0.2, 0) is 0 Å². The van der Waals surface area contributed by atoms with E-state index in [2.05, 4.69) is 16.0 Å². The normalized spacial score (nSPS) is 33.3. The van der Waals surface area contributed by atoms with Crippen LogP contribution in [0.2, 0.25) is 0 Å². The molecule has 0 heterocycles. The molecular weight excluding hydrogens is 362 g/mol. The van der Waals surface area contributed by atoms with Gasteiger partial charge in [0, 0.05) is 12.1 Å². The van der Waals surface area contributed by atoms with Gasteiger partial charge in [-0.15, -0.1) is 0 Å². The van der Waals surface area contributed by atoms with Gasteiger partial charge in [-0.2, -0.15) is 0 Å². The number of carbonyl (C=O) groups excluding carboxylic acids is 2. The van der Waals surface area contributed by atoms with Crippen molar-refractivity contribution in [1.82, 2.24) is 10.6 Å². The van der Waals surface area contributed by atoms with E-state index >= 15 is 0 Å². The Labute approximate surface area is 173 Å². The number of carbonyl (C=O) groups is 2. The summed E-state index contributed by atoms with van der Waals surface area (Å²) in [6.07, 6.45) is 12.2. The molecule has 5 fully saturated rings. The van der Waals surface area contributed by atoms with Crippen LogP contribution in [-0.4, -0.2) is 24.0 Å². The zero-order valence-electron chi connectivity index (χ0n) is 17.2. The lowest BCUT2D eigenvalue weighted by atomic mass is 9.54. The first-order valence-corrected chi connectivity index (χ1v) is 11.6. The standard InChI is InChI=1S/C24H33N3O2/c28-23(25-19-6-2-1-3-7-19)20-8-4-5-9-21(20)26-24(29)27-22-17-11-15-10-16(13-17)14-18(22)12-15/h4-5,8-9,15-19,22H,1-3,6-7,10-14H2,(H,25,28)(H2,26,27,29). The molecule has 4 bridgehead atoms. The van der Waals surface area contributed by atoms with Gasteiger partial charge in [0.2, 0.25) is 0 Å². The highest BCUT2D eigenvalue weighted by molar-refractivity contribution is 6.03. The summed E-state index contributed by atoms with van der Waals surface area (Å²) in [6, 6.07) is 7.74. The second-order valence-corrected chi connectivity index (χ2v) is 9.91. The third-order valence-electron chi connectivity index (χ3n) is 7.88. The summed E-state index contributed by atoms with van der Waals surface area (Å²) in [5.41, 5.74) is 1.15. The maximum atomic E-state index is 12.8. The van der Waals surface area contributed by atoms with E-state index in [4.69, 9.17) is 0 Å². The Morgan fingerprint density at radius 2 is 1.45 bits per heavy atom. The van der Waals surface area contributed by atoms with Crippen LogP contribution in [0.25, 0.3) is 0 Å². The number of urea groups is 1. The fourth-order valence-electron chi connectivity index (χ4n) is 6.77. The zero-order valence-corrected chi connectivity index (χ0v) is 17.2. The molecule has 5 heteroatoms. The minimum Gasteiger partial charge on any atom is -0.349 e. The monoisotopic (exact) mass is 395 g/mol. The van der Waals surface area contributed by atoms with Crippen LogP contribution < -0.4 is 16.0 Å². The summed E-state index contributed by atoms with van der Waals surface area (Å²) in [5, 5.41) is 9.41. The number of para-hydroxylation sites is 1. The SMILES string of the molecule is O=C(Nc1ccccc1C(=O)NC1CCCCC1)NC1C2CC3CC(C2)CC1C3. The maximum absolute atomic E-state index is 12.8. The average Bonchev–Trinajstić information content (AvgIpc) is 2.71. The molecule has 1 aromatic rings. The van der Waals surface area contributed by atoms with E-state index in [1.807, 2.05) is 18.2 Å². The van der Waals surface area contributed by atoms with Gasteiger partial charge in [0.1, 0.15) is 0 Å². The highest BCUT2D eigenvalue weighted by Gasteiger charge is 2.48. The molecule has 0 aromatic heterocycles. The Morgan fingerprint density at radius 3 is 2.14 bits per heavy atom. The Balaban J connectivity index is 1.22. The molecule has 5 aliphatic rings. The molecule has 5 saturated carbocycles. The number of hydrogen-bond donors (Lipinski definition) is 3. The van der Waals surface area contributed by atoms with Crippen molar-refractivity contribution in [1.29, 1.82) is 0 Å². The van der Waals surface area contributed by atoms with Crippen LogP contribution in [0.5, 0.6) is 0 Å². The first kappa shape index (κ1) is 19.0. The Morgan fingerprint density at radius 1 is 0.793 bits per heavy atom. The molecule has 0 spiro atoms. The van der Waals surface area contributed by atoms with Crippen molar-refractivity contribution in [3.63, 3.8) is 0 Å². The van der Waals surface area contributed by atoms with Crippen molar-refractivity contribution in [3.8, 4) is 0 Å². The fourth-order valence-corrected chi connectivity index (χ4v) is 6.77. The van der Waals surface area contributed by atoms with Gasteiger partial charge in [0.25, 0.3) is 5.91 Å². The van der Waals surface area contributed by atoms with Crippen molar-refractivity contribution in [2.75, 3.05) is 5.32 Å². The lowest BCUT2D eigenvalue weighted by molar-refractivity contribution is -0.00883. The summed E-state index contributed by atoms with van der Waals surface area (Å²) in [5.74, 6) is 2.98. The molecule has 3 N–H and O–H groups in total. The molecule has 6 rings (SSSR count). The van der Waals surface area contributed by atoms with Crippen LogP contribution >= 0.6 is 0 Å². The zero-order chi connectivity index (χ0) is 19.8. The van der Waals surface area contributed by atoms with E-state index < -0.39 is 0 Å². The van der Waals surface area contributed by atoms with Crippen LogP contribution in [0, 0.1) is 23.7 Å². The minimum atomic E-state index is -0.166. The third kappa shape index (κ3) is 4.01. The predicted molar refractivity (Wildman–Crippen MR) is 114 cm³/mol. The van der Waals surface area contributed by atoms with E-state index in [0.717, 1.165) is 24.7 Å². The Kier molecular flexibility index (Phi) is 5.23. The molecule has 0 atom stereocenters. The molecule has 29 heavy (non-hydrogen) atoms. The van der Waals surface area contributed by atoms with Crippen molar-refractivity contribution in [2.24, 2.45) is 23.7 Å². The molecule has 5 aliphatic carbocycles. The number of amides is 3. The molecule has 0 saturated heterocycles. The van der Waals surface area contributed by atoms with Crippen LogP contribution in [0.15, 0.2) is 24.3 Å². The molecule has 1 aromatic carbocycles. The van der Waals surface area contributed by atoms with Gasteiger partial charge < -0.3 is 16.0 Å². The maximum Gasteiger partial charge on any atom is 0.319 e. The quantitative estimate of drug-likeness (QED) is 0.692. The van der Waals surface area contributed by atoms with E-state index in [9.17, 15) is 9.59 Å². The van der Waals surface area contributed by atoms with Crippen molar-refractivity contribution in [3.05, 3.63) is 29.8 Å². The molecule has 156 valence electrons. The van der Waals surface area contributed by atoms with E-state index in [-0.39, 0.29) is 18.0 Å².